The molecule has 11 nitrogen and oxygen atoms in total. The van der Waals surface area contributed by atoms with Crippen molar-refractivity contribution in [3.8, 4) is 22.6 Å². The van der Waals surface area contributed by atoms with Gasteiger partial charge in [-0.15, -0.1) is 0 Å². The Morgan fingerprint density at radius 3 is 2.37 bits per heavy atom. The first kappa shape index (κ1) is 33.5. The summed E-state index contributed by atoms with van der Waals surface area (Å²) in [6.07, 6.45) is 1.06. The maximum Gasteiger partial charge on any atom is 0.280 e. The molecule has 0 spiro atoms. The summed E-state index contributed by atoms with van der Waals surface area (Å²) < 4.78 is 53.8. The number of carbonyl (C=O) groups excluding carboxylic acids is 1. The summed E-state index contributed by atoms with van der Waals surface area (Å²) in [6, 6.07) is 19.2. The second-order valence-corrected chi connectivity index (χ2v) is 13.8. The highest BCUT2D eigenvalue weighted by Crippen LogP contribution is 2.41. The number of rotatable bonds is 9. The van der Waals surface area contributed by atoms with Crippen LogP contribution in [-0.4, -0.2) is 62.9 Å². The summed E-state index contributed by atoms with van der Waals surface area (Å²) in [7, 11) is 0.624. The fourth-order valence-corrected chi connectivity index (χ4v) is 6.41. The molecule has 49 heavy (non-hydrogen) atoms. The lowest BCUT2D eigenvalue weighted by molar-refractivity contribution is 0.0964. The van der Waals surface area contributed by atoms with Crippen LogP contribution in [0.3, 0.4) is 0 Å². The van der Waals surface area contributed by atoms with E-state index >= 15 is 0 Å². The van der Waals surface area contributed by atoms with Gasteiger partial charge in [-0.05, 0) is 61.9 Å². The van der Waals surface area contributed by atoms with Crippen LogP contribution in [0, 0.1) is 19.7 Å². The lowest BCUT2D eigenvalue weighted by atomic mass is 10.0. The number of pyridine rings is 1. The van der Waals surface area contributed by atoms with Crippen LogP contribution in [0.25, 0.3) is 44.6 Å². The number of carbonyl (C=O) groups is 1. The molecule has 0 saturated carbocycles. The summed E-state index contributed by atoms with van der Waals surface area (Å²) in [6.45, 7) is 3.93. The molecule has 0 fully saturated rings. The zero-order valence-electron chi connectivity index (χ0n) is 27.7. The predicted molar refractivity (Wildman–Crippen MR) is 187 cm³/mol. The third-order valence-corrected chi connectivity index (χ3v) is 9.70. The summed E-state index contributed by atoms with van der Waals surface area (Å²) in [5, 5.41) is 2.99. The van der Waals surface area contributed by atoms with Crippen molar-refractivity contribution < 1.29 is 26.8 Å². The highest BCUT2D eigenvalue weighted by atomic mass is 32.2. The van der Waals surface area contributed by atoms with Crippen molar-refractivity contribution in [2.45, 2.75) is 19.9 Å². The lowest BCUT2D eigenvalue weighted by Gasteiger charge is -2.22. The van der Waals surface area contributed by atoms with Crippen LogP contribution in [-0.2, 0) is 14.8 Å². The number of hydrogen-bond donors (Lipinski definition) is 1. The van der Waals surface area contributed by atoms with Crippen molar-refractivity contribution in [1.82, 2.24) is 19.9 Å². The summed E-state index contributed by atoms with van der Waals surface area (Å²) in [5.41, 5.74) is 3.55. The standard InChI is InChI=1S/C36H34FN5O6S/c1-20-7-9-22(10-8-20)30(19-47-5)42-21(2)39-28-16-15-27(40-33(28)36(42)44)25-17-26-31(18-29(25)41(4)49(6,45)46)48-34(32(26)35(43)38-3)23-11-13-24(37)14-12-23/h7-18,30H,19H2,1-6H3,(H,38,43)/t30-/m0/s1. The first-order chi connectivity index (χ1) is 23.3. The Morgan fingerprint density at radius 2 is 1.73 bits per heavy atom. The predicted octanol–water partition coefficient (Wildman–Crippen LogP) is 5.62. The number of anilines is 1. The van der Waals surface area contributed by atoms with E-state index in [1.54, 1.807) is 36.8 Å². The second-order valence-electron chi connectivity index (χ2n) is 11.8. The van der Waals surface area contributed by atoms with E-state index in [0.29, 0.717) is 27.9 Å². The molecule has 13 heteroatoms. The fourth-order valence-electron chi connectivity index (χ4n) is 5.90. The zero-order chi connectivity index (χ0) is 35.2. The van der Waals surface area contributed by atoms with Gasteiger partial charge >= 0.3 is 0 Å². The number of furan rings is 1. The lowest BCUT2D eigenvalue weighted by Crippen LogP contribution is -2.31. The average Bonchev–Trinajstić information content (AvgIpc) is 3.45. The van der Waals surface area contributed by atoms with Crippen LogP contribution in [0.1, 0.15) is 33.4 Å². The number of aromatic nitrogens is 3. The van der Waals surface area contributed by atoms with Gasteiger partial charge in [0.25, 0.3) is 11.5 Å². The quantitative estimate of drug-likeness (QED) is 0.208. The Hall–Kier alpha value is -5.40. The minimum Gasteiger partial charge on any atom is -0.455 e. The topological polar surface area (TPSA) is 137 Å². The number of halogens is 1. The molecule has 0 aliphatic heterocycles. The molecule has 1 atom stereocenters. The van der Waals surface area contributed by atoms with Gasteiger partial charge in [-0.25, -0.2) is 22.8 Å². The van der Waals surface area contributed by atoms with Gasteiger partial charge in [-0.3, -0.25) is 18.5 Å². The molecule has 0 saturated heterocycles. The van der Waals surface area contributed by atoms with Gasteiger partial charge in [0.1, 0.15) is 23.0 Å². The van der Waals surface area contributed by atoms with E-state index in [-0.39, 0.29) is 40.4 Å². The largest absolute Gasteiger partial charge is 0.455 e. The molecule has 3 aromatic carbocycles. The second kappa shape index (κ2) is 12.9. The van der Waals surface area contributed by atoms with Gasteiger partial charge in [0.05, 0.1) is 41.4 Å². The van der Waals surface area contributed by atoms with Crippen molar-refractivity contribution in [2.75, 3.05) is 38.4 Å². The smallest absolute Gasteiger partial charge is 0.280 e. The van der Waals surface area contributed by atoms with Crippen molar-refractivity contribution >= 4 is 43.6 Å². The monoisotopic (exact) mass is 683 g/mol. The molecule has 6 rings (SSSR count). The number of methoxy groups -OCH3 is 1. The van der Waals surface area contributed by atoms with E-state index in [0.717, 1.165) is 21.7 Å². The van der Waals surface area contributed by atoms with E-state index in [4.69, 9.17) is 19.1 Å². The highest BCUT2D eigenvalue weighted by Gasteiger charge is 2.27. The van der Waals surface area contributed by atoms with E-state index < -0.39 is 33.3 Å². The number of hydrogen-bond acceptors (Lipinski definition) is 8. The van der Waals surface area contributed by atoms with Gasteiger partial charge in [-0.2, -0.15) is 0 Å². The number of nitrogens with one attached hydrogen (secondary N) is 1. The van der Waals surface area contributed by atoms with Crippen LogP contribution in [0.4, 0.5) is 10.1 Å². The minimum absolute atomic E-state index is 0.0649. The first-order valence-corrected chi connectivity index (χ1v) is 17.2. The Morgan fingerprint density at radius 1 is 1.04 bits per heavy atom. The molecule has 3 aromatic heterocycles. The number of aryl methyl sites for hydroxylation is 2. The molecule has 1 amide bonds. The molecular formula is C36H34FN5O6S. The third kappa shape index (κ3) is 6.18. The van der Waals surface area contributed by atoms with Gasteiger partial charge in [0.2, 0.25) is 10.0 Å². The summed E-state index contributed by atoms with van der Waals surface area (Å²) >= 11 is 0. The Balaban J connectivity index is 1.62. The van der Waals surface area contributed by atoms with E-state index in [1.165, 1.54) is 44.4 Å². The van der Waals surface area contributed by atoms with E-state index in [9.17, 15) is 22.4 Å². The number of ether oxygens (including phenoxy) is 1. The molecular weight excluding hydrogens is 649 g/mol. The van der Waals surface area contributed by atoms with Crippen molar-refractivity contribution in [3.63, 3.8) is 0 Å². The van der Waals surface area contributed by atoms with Crippen LogP contribution < -0.4 is 15.2 Å². The minimum atomic E-state index is -3.80. The molecule has 6 aromatic rings. The SMILES string of the molecule is CNC(=O)c1c(-c2ccc(F)cc2)oc2cc(N(C)S(C)(=O)=O)c(-c3ccc4nc(C)n([C@@H](COC)c5ccc(C)cc5)c(=O)c4n3)cc12. The average molecular weight is 684 g/mol. The Kier molecular flexibility index (Phi) is 8.82. The van der Waals surface area contributed by atoms with E-state index in [2.05, 4.69) is 5.32 Å². The highest BCUT2D eigenvalue weighted by molar-refractivity contribution is 7.92. The summed E-state index contributed by atoms with van der Waals surface area (Å²) in [5.74, 6) is -0.286. The number of fused-ring (bicyclic) bond motifs is 2. The Labute approximate surface area is 282 Å². The zero-order valence-corrected chi connectivity index (χ0v) is 28.6. The Bertz CT molecular complexity index is 2400. The van der Waals surface area contributed by atoms with Gasteiger partial charge in [0, 0.05) is 43.8 Å². The van der Waals surface area contributed by atoms with Crippen molar-refractivity contribution in [1.29, 1.82) is 0 Å². The number of sulfonamides is 1. The van der Waals surface area contributed by atoms with Crippen LogP contribution >= 0.6 is 0 Å². The maximum absolute atomic E-state index is 14.3. The van der Waals surface area contributed by atoms with Gasteiger partial charge in [0.15, 0.2) is 5.52 Å². The van der Waals surface area contributed by atoms with E-state index in [1.807, 2.05) is 31.2 Å². The molecule has 1 N–H and O–H groups in total. The molecule has 0 aliphatic rings. The molecule has 0 aliphatic carbocycles. The maximum atomic E-state index is 14.3. The molecule has 0 unspecified atom stereocenters. The molecule has 3 heterocycles. The number of amides is 1. The van der Waals surface area contributed by atoms with Crippen molar-refractivity contribution in [3.05, 3.63) is 111 Å². The molecule has 252 valence electrons. The first-order valence-electron chi connectivity index (χ1n) is 15.3. The fraction of sp³-hybridized carbons (Fsp3) is 0.222. The number of benzene rings is 3. The molecule has 0 radical (unpaired) electrons. The molecule has 0 bridgehead atoms. The van der Waals surface area contributed by atoms with Crippen LogP contribution in [0.15, 0.2) is 82.0 Å². The van der Waals surface area contributed by atoms with Gasteiger partial charge in [-0.1, -0.05) is 29.8 Å². The number of nitrogens with zero attached hydrogens (tertiary/aromatic N) is 4. The third-order valence-electron chi connectivity index (χ3n) is 8.50. The van der Waals surface area contributed by atoms with Gasteiger partial charge < -0.3 is 14.5 Å². The summed E-state index contributed by atoms with van der Waals surface area (Å²) in [4.78, 5) is 37.0. The van der Waals surface area contributed by atoms with Crippen molar-refractivity contribution in [2.24, 2.45) is 0 Å². The normalized spacial score (nSPS) is 12.4. The van der Waals surface area contributed by atoms with Crippen LogP contribution in [0.5, 0.6) is 0 Å². The van der Waals surface area contributed by atoms with Crippen LogP contribution in [0.2, 0.25) is 0 Å².